The third kappa shape index (κ3) is 4.32. The fourth-order valence-corrected chi connectivity index (χ4v) is 2.92. The Hall–Kier alpha value is -2.49. The van der Waals surface area contributed by atoms with Gasteiger partial charge in [0.2, 0.25) is 0 Å². The number of hydrogen-bond acceptors (Lipinski definition) is 1. The first-order chi connectivity index (χ1) is 11.9. The van der Waals surface area contributed by atoms with Crippen LogP contribution in [0.15, 0.2) is 84.9 Å². The van der Waals surface area contributed by atoms with Crippen molar-refractivity contribution < 1.29 is 4.57 Å². The quantitative estimate of drug-likeness (QED) is 0.437. The number of nitrogens with two attached hydrogens (primary N) is 3. The van der Waals surface area contributed by atoms with Crippen molar-refractivity contribution in [2.24, 2.45) is 16.5 Å². The van der Waals surface area contributed by atoms with Gasteiger partial charge in [-0.2, -0.15) is 0 Å². The third-order valence-corrected chi connectivity index (χ3v) is 3.87. The molecule has 0 unspecified atom stereocenters. The molecule has 0 saturated carbocycles. The van der Waals surface area contributed by atoms with E-state index in [-0.39, 0.29) is 0 Å². The van der Waals surface area contributed by atoms with E-state index in [4.69, 9.17) is 0 Å². The van der Waals surface area contributed by atoms with Gasteiger partial charge in [-0.25, -0.2) is 0 Å². The first kappa shape index (κ1) is 17.3. The van der Waals surface area contributed by atoms with Crippen LogP contribution in [0.3, 0.4) is 0 Å². The average molecular weight is 349 g/mol. The van der Waals surface area contributed by atoms with E-state index in [1.165, 1.54) is 32.7 Å². The lowest BCUT2D eigenvalue weighted by Gasteiger charge is -2.10. The Bertz CT molecular complexity index is 976. The van der Waals surface area contributed by atoms with Crippen LogP contribution in [0.1, 0.15) is 0 Å². The Labute approximate surface area is 146 Å². The first-order valence-corrected chi connectivity index (χ1v) is 9.76. The Morgan fingerprint density at radius 1 is 0.520 bits per heavy atom. The summed E-state index contributed by atoms with van der Waals surface area (Å²) in [7, 11) is -3.14. The molecule has 0 saturated heterocycles. The predicted octanol–water partition coefficient (Wildman–Crippen LogP) is 4.63. The zero-order valence-electron chi connectivity index (χ0n) is 13.7. The second kappa shape index (κ2) is 7.18. The highest BCUT2D eigenvalue weighted by Crippen LogP contribution is 2.33. The zero-order valence-corrected chi connectivity index (χ0v) is 14.6. The summed E-state index contributed by atoms with van der Waals surface area (Å²) in [6.45, 7) is 0. The van der Waals surface area contributed by atoms with Crippen molar-refractivity contribution in [1.29, 1.82) is 0 Å². The van der Waals surface area contributed by atoms with E-state index < -0.39 is 7.59 Å². The number of rotatable bonds is 1. The van der Waals surface area contributed by atoms with E-state index in [0.29, 0.717) is 0 Å². The van der Waals surface area contributed by atoms with Gasteiger partial charge in [-0.05, 0) is 32.7 Å². The highest BCUT2D eigenvalue weighted by molar-refractivity contribution is 7.56. The summed E-state index contributed by atoms with van der Waals surface area (Å²) >= 11 is 0. The normalized spacial score (nSPS) is 11.2. The fraction of sp³-hybridized carbons (Fsp3) is 0. The molecular formula is C20H20N3OP. The van der Waals surface area contributed by atoms with Gasteiger partial charge in [0.25, 0.3) is 7.59 Å². The zero-order chi connectivity index (χ0) is 17.9. The molecule has 4 nitrogen and oxygen atoms in total. The van der Waals surface area contributed by atoms with Crippen molar-refractivity contribution in [2.75, 3.05) is 0 Å². The van der Waals surface area contributed by atoms with Gasteiger partial charge in [0.05, 0.1) is 0 Å². The van der Waals surface area contributed by atoms with Crippen LogP contribution in [0.2, 0.25) is 0 Å². The minimum absolute atomic E-state index is 1.29. The Morgan fingerprint density at radius 2 is 0.840 bits per heavy atom. The van der Waals surface area contributed by atoms with Gasteiger partial charge in [-0.1, -0.05) is 84.9 Å². The highest BCUT2D eigenvalue weighted by Gasteiger charge is 2.06. The molecule has 0 fully saturated rings. The minimum Gasteiger partial charge on any atom is -0.272 e. The SMILES string of the molecule is NP(N)(N)=O.c1ccc2c(-c3cccc4ccccc34)cccc2c1. The number of fused-ring (bicyclic) bond motifs is 2. The fourth-order valence-electron chi connectivity index (χ4n) is 2.92. The lowest BCUT2D eigenvalue weighted by molar-refractivity contribution is 0.577. The van der Waals surface area contributed by atoms with Crippen LogP contribution < -0.4 is 16.5 Å². The van der Waals surface area contributed by atoms with Crippen LogP contribution in [0.5, 0.6) is 0 Å². The maximum Gasteiger partial charge on any atom is 0.271 e. The number of benzene rings is 4. The summed E-state index contributed by atoms with van der Waals surface area (Å²) in [6.07, 6.45) is 0. The van der Waals surface area contributed by atoms with E-state index in [1.807, 2.05) is 0 Å². The first-order valence-electron chi connectivity index (χ1n) is 7.85. The van der Waals surface area contributed by atoms with Crippen LogP contribution in [0.4, 0.5) is 0 Å². The monoisotopic (exact) mass is 349 g/mol. The third-order valence-electron chi connectivity index (χ3n) is 3.87. The van der Waals surface area contributed by atoms with Crippen LogP contribution in [-0.2, 0) is 4.57 Å². The van der Waals surface area contributed by atoms with E-state index in [1.54, 1.807) is 0 Å². The summed E-state index contributed by atoms with van der Waals surface area (Å²) in [5.74, 6) is 0. The summed E-state index contributed by atoms with van der Waals surface area (Å²) < 4.78 is 9.55. The molecule has 0 bridgehead atoms. The molecule has 0 heterocycles. The maximum atomic E-state index is 9.55. The standard InChI is InChI=1S/C20H14.H6N3OP/c1-3-11-17-15(7-1)9-5-13-19(17)20-14-6-10-16-8-2-4-12-18(16)20;1-5(2,3)4/h1-14H;(H6,1,2,3,4). The van der Waals surface area contributed by atoms with Gasteiger partial charge >= 0.3 is 0 Å². The molecule has 25 heavy (non-hydrogen) atoms. The molecule has 0 atom stereocenters. The maximum absolute atomic E-state index is 9.55. The van der Waals surface area contributed by atoms with Crippen LogP contribution in [-0.4, -0.2) is 0 Å². The van der Waals surface area contributed by atoms with Crippen molar-refractivity contribution in [3.63, 3.8) is 0 Å². The molecule has 0 radical (unpaired) electrons. The second-order valence-corrected chi connectivity index (χ2v) is 7.34. The Kier molecular flexibility index (Phi) is 4.98. The average Bonchev–Trinajstić information content (AvgIpc) is 2.59. The lowest BCUT2D eigenvalue weighted by atomic mass is 9.94. The molecule has 0 spiro atoms. The van der Waals surface area contributed by atoms with Crippen LogP contribution in [0.25, 0.3) is 32.7 Å². The van der Waals surface area contributed by atoms with Gasteiger partial charge in [0, 0.05) is 0 Å². The van der Waals surface area contributed by atoms with E-state index >= 15 is 0 Å². The molecule has 4 aromatic carbocycles. The van der Waals surface area contributed by atoms with Crippen molar-refractivity contribution >= 4 is 29.1 Å². The largest absolute Gasteiger partial charge is 0.272 e. The number of hydrogen-bond donors (Lipinski definition) is 3. The van der Waals surface area contributed by atoms with Gasteiger partial charge in [-0.15, -0.1) is 0 Å². The molecule has 126 valence electrons. The van der Waals surface area contributed by atoms with Crippen molar-refractivity contribution in [3.8, 4) is 11.1 Å². The summed E-state index contributed by atoms with van der Waals surface area (Å²) in [5, 5.41) is 5.20. The Balaban J connectivity index is 0.000000324. The van der Waals surface area contributed by atoms with Gasteiger partial charge in [0.15, 0.2) is 0 Å². The predicted molar refractivity (Wildman–Crippen MR) is 107 cm³/mol. The molecular weight excluding hydrogens is 329 g/mol. The summed E-state index contributed by atoms with van der Waals surface area (Å²) in [5.41, 5.74) is 16.0. The lowest BCUT2D eigenvalue weighted by Crippen LogP contribution is -2.12. The molecule has 6 N–H and O–H groups in total. The molecule has 5 heteroatoms. The van der Waals surface area contributed by atoms with E-state index in [0.717, 1.165) is 0 Å². The van der Waals surface area contributed by atoms with Gasteiger partial charge < -0.3 is 0 Å². The molecule has 0 aliphatic rings. The highest BCUT2D eigenvalue weighted by atomic mass is 31.2. The molecule has 0 amide bonds. The molecule has 0 aromatic heterocycles. The summed E-state index contributed by atoms with van der Waals surface area (Å²) in [4.78, 5) is 0. The van der Waals surface area contributed by atoms with Crippen molar-refractivity contribution in [1.82, 2.24) is 0 Å². The Morgan fingerprint density at radius 3 is 1.24 bits per heavy atom. The molecule has 4 rings (SSSR count). The minimum atomic E-state index is -3.14. The van der Waals surface area contributed by atoms with Crippen molar-refractivity contribution in [3.05, 3.63) is 84.9 Å². The smallest absolute Gasteiger partial charge is 0.271 e. The van der Waals surface area contributed by atoms with Gasteiger partial charge in [0.1, 0.15) is 0 Å². The van der Waals surface area contributed by atoms with Crippen LogP contribution in [0, 0.1) is 0 Å². The van der Waals surface area contributed by atoms with Gasteiger partial charge in [-0.3, -0.25) is 21.1 Å². The molecule has 4 aromatic rings. The molecule has 0 aliphatic heterocycles. The topological polar surface area (TPSA) is 95.1 Å². The van der Waals surface area contributed by atoms with E-state index in [9.17, 15) is 4.57 Å². The van der Waals surface area contributed by atoms with Crippen LogP contribution >= 0.6 is 7.59 Å². The second-order valence-electron chi connectivity index (χ2n) is 5.82. The van der Waals surface area contributed by atoms with Crippen molar-refractivity contribution in [2.45, 2.75) is 0 Å². The summed E-state index contributed by atoms with van der Waals surface area (Å²) in [6, 6.07) is 30.2. The van der Waals surface area contributed by atoms with E-state index in [2.05, 4.69) is 101 Å². The molecule has 0 aliphatic carbocycles.